The van der Waals surface area contributed by atoms with Gasteiger partial charge >= 0.3 is 0 Å². The minimum Gasteiger partial charge on any atom is -0.324 e. The van der Waals surface area contributed by atoms with Crippen LogP contribution in [0.4, 0.5) is 5.69 Å². The van der Waals surface area contributed by atoms with Gasteiger partial charge in [-0.05, 0) is 6.07 Å². The van der Waals surface area contributed by atoms with Crippen molar-refractivity contribution in [2.45, 2.75) is 6.54 Å². The van der Waals surface area contributed by atoms with Gasteiger partial charge < -0.3 is 5.32 Å². The van der Waals surface area contributed by atoms with Crippen molar-refractivity contribution < 1.29 is 4.79 Å². The van der Waals surface area contributed by atoms with E-state index >= 15 is 0 Å². The Morgan fingerprint density at radius 2 is 2.14 bits per heavy atom. The second-order valence-corrected chi connectivity index (χ2v) is 4.63. The van der Waals surface area contributed by atoms with Gasteiger partial charge in [-0.15, -0.1) is 0 Å². The standard InChI is InChI=1S/C13H10N8O/c22-12(6-21-13-9(5-17-21)4-14-7-16-13)19-10-1-2-20-11(3-10)15-8-18-20/h1-5,7-8H,6H2,(H,19,22). The topological polar surface area (TPSA) is 103 Å². The van der Waals surface area contributed by atoms with Gasteiger partial charge in [-0.25, -0.2) is 24.1 Å². The molecule has 0 radical (unpaired) electrons. The lowest BCUT2D eigenvalue weighted by atomic mass is 10.4. The van der Waals surface area contributed by atoms with Crippen molar-refractivity contribution in [1.29, 1.82) is 0 Å². The van der Waals surface area contributed by atoms with Crippen LogP contribution in [-0.4, -0.2) is 40.3 Å². The summed E-state index contributed by atoms with van der Waals surface area (Å²) in [5.74, 6) is -0.201. The predicted octanol–water partition coefficient (Wildman–Crippen LogP) is 0.508. The molecule has 22 heavy (non-hydrogen) atoms. The second-order valence-electron chi connectivity index (χ2n) is 4.63. The van der Waals surface area contributed by atoms with E-state index in [9.17, 15) is 4.79 Å². The predicted molar refractivity (Wildman–Crippen MR) is 76.9 cm³/mol. The van der Waals surface area contributed by atoms with Crippen molar-refractivity contribution in [3.63, 3.8) is 0 Å². The third-order valence-corrected chi connectivity index (χ3v) is 3.16. The van der Waals surface area contributed by atoms with Crippen LogP contribution in [0.3, 0.4) is 0 Å². The third-order valence-electron chi connectivity index (χ3n) is 3.16. The highest BCUT2D eigenvalue weighted by molar-refractivity contribution is 5.91. The van der Waals surface area contributed by atoms with E-state index in [1.807, 2.05) is 0 Å². The molecule has 1 amide bonds. The molecule has 1 N–H and O–H groups in total. The lowest BCUT2D eigenvalue weighted by molar-refractivity contribution is -0.116. The summed E-state index contributed by atoms with van der Waals surface area (Å²) in [6.45, 7) is 0.0678. The molecule has 4 aromatic heterocycles. The van der Waals surface area contributed by atoms with Gasteiger partial charge in [0.25, 0.3) is 0 Å². The number of amides is 1. The van der Waals surface area contributed by atoms with E-state index in [1.165, 1.54) is 17.3 Å². The van der Waals surface area contributed by atoms with Gasteiger partial charge in [-0.2, -0.15) is 10.2 Å². The van der Waals surface area contributed by atoms with Crippen molar-refractivity contribution in [1.82, 2.24) is 34.3 Å². The van der Waals surface area contributed by atoms with Gasteiger partial charge in [-0.1, -0.05) is 0 Å². The molecule has 0 spiro atoms. The molecule has 0 saturated carbocycles. The lowest BCUT2D eigenvalue weighted by Gasteiger charge is -2.06. The molecule has 9 heteroatoms. The van der Waals surface area contributed by atoms with E-state index < -0.39 is 0 Å². The number of hydrogen-bond donors (Lipinski definition) is 1. The minimum absolute atomic E-state index is 0.0678. The summed E-state index contributed by atoms with van der Waals surface area (Å²) < 4.78 is 3.15. The molecule has 0 aliphatic rings. The van der Waals surface area contributed by atoms with Crippen LogP contribution in [0.15, 0.2) is 43.4 Å². The molecule has 0 saturated heterocycles. The van der Waals surface area contributed by atoms with Crippen LogP contribution in [0, 0.1) is 0 Å². The number of fused-ring (bicyclic) bond motifs is 2. The molecule has 4 aromatic rings. The van der Waals surface area contributed by atoms with E-state index in [0.717, 1.165) is 5.39 Å². The molecule has 0 aliphatic heterocycles. The number of carbonyl (C=O) groups is 1. The number of anilines is 1. The Hall–Kier alpha value is -3.36. The first kappa shape index (κ1) is 12.4. The number of aromatic nitrogens is 7. The zero-order valence-electron chi connectivity index (χ0n) is 11.3. The normalized spacial score (nSPS) is 11.1. The molecular weight excluding hydrogens is 284 g/mol. The zero-order valence-corrected chi connectivity index (χ0v) is 11.3. The fraction of sp³-hybridized carbons (Fsp3) is 0.0769. The van der Waals surface area contributed by atoms with E-state index in [2.05, 4.69) is 30.5 Å². The van der Waals surface area contributed by atoms with Crippen LogP contribution in [0.2, 0.25) is 0 Å². The maximum Gasteiger partial charge on any atom is 0.246 e. The number of nitrogens with zero attached hydrogens (tertiary/aromatic N) is 7. The summed E-state index contributed by atoms with van der Waals surface area (Å²) >= 11 is 0. The first-order chi connectivity index (χ1) is 10.8. The maximum absolute atomic E-state index is 12.1. The first-order valence-corrected chi connectivity index (χ1v) is 6.50. The van der Waals surface area contributed by atoms with Gasteiger partial charge in [0.15, 0.2) is 11.3 Å². The average Bonchev–Trinajstić information content (AvgIpc) is 3.14. The molecule has 0 fully saturated rings. The molecule has 0 atom stereocenters. The van der Waals surface area contributed by atoms with Crippen molar-refractivity contribution >= 4 is 28.3 Å². The van der Waals surface area contributed by atoms with Crippen LogP contribution < -0.4 is 5.32 Å². The van der Waals surface area contributed by atoms with Crippen molar-refractivity contribution in [2.24, 2.45) is 0 Å². The van der Waals surface area contributed by atoms with Crippen LogP contribution >= 0.6 is 0 Å². The van der Waals surface area contributed by atoms with Crippen LogP contribution in [0.1, 0.15) is 0 Å². The van der Waals surface area contributed by atoms with Gasteiger partial charge in [-0.3, -0.25) is 4.79 Å². The summed E-state index contributed by atoms with van der Waals surface area (Å²) in [6, 6.07) is 3.50. The van der Waals surface area contributed by atoms with Crippen molar-refractivity contribution in [2.75, 3.05) is 5.32 Å². The summed E-state index contributed by atoms with van der Waals surface area (Å²) in [5, 5.41) is 11.7. The van der Waals surface area contributed by atoms with Crippen LogP contribution in [-0.2, 0) is 11.3 Å². The quantitative estimate of drug-likeness (QED) is 0.590. The second kappa shape index (κ2) is 4.88. The molecule has 0 bridgehead atoms. The largest absolute Gasteiger partial charge is 0.324 e. The highest BCUT2D eigenvalue weighted by Crippen LogP contribution is 2.11. The van der Waals surface area contributed by atoms with E-state index in [0.29, 0.717) is 17.0 Å². The molecule has 0 aliphatic carbocycles. The Morgan fingerprint density at radius 3 is 3.09 bits per heavy atom. The number of rotatable bonds is 3. The smallest absolute Gasteiger partial charge is 0.246 e. The molecular formula is C13H10N8O. The maximum atomic E-state index is 12.1. The minimum atomic E-state index is -0.201. The molecule has 4 heterocycles. The fourth-order valence-corrected chi connectivity index (χ4v) is 2.17. The number of carbonyl (C=O) groups excluding carboxylic acids is 1. The Bertz CT molecular complexity index is 972. The Kier molecular flexibility index (Phi) is 2.75. The average molecular weight is 294 g/mol. The van der Waals surface area contributed by atoms with Crippen molar-refractivity contribution in [3.8, 4) is 0 Å². The Balaban J connectivity index is 1.54. The SMILES string of the molecule is O=C(Cn1ncc2cncnc21)Nc1ccn2ncnc2c1. The number of pyridine rings is 1. The molecule has 0 unspecified atom stereocenters. The highest BCUT2D eigenvalue weighted by atomic mass is 16.2. The van der Waals surface area contributed by atoms with Gasteiger partial charge in [0, 0.05) is 24.1 Å². The van der Waals surface area contributed by atoms with Gasteiger partial charge in [0.1, 0.15) is 19.2 Å². The van der Waals surface area contributed by atoms with Crippen molar-refractivity contribution in [3.05, 3.63) is 43.4 Å². The monoisotopic (exact) mass is 294 g/mol. The third kappa shape index (κ3) is 2.14. The Morgan fingerprint density at radius 1 is 1.18 bits per heavy atom. The molecule has 108 valence electrons. The zero-order chi connectivity index (χ0) is 14.9. The van der Waals surface area contributed by atoms with E-state index in [-0.39, 0.29) is 12.5 Å². The number of nitrogens with one attached hydrogen (secondary N) is 1. The van der Waals surface area contributed by atoms with Crippen LogP contribution in [0.5, 0.6) is 0 Å². The summed E-state index contributed by atoms with van der Waals surface area (Å²) in [7, 11) is 0. The lowest BCUT2D eigenvalue weighted by Crippen LogP contribution is -2.19. The fourth-order valence-electron chi connectivity index (χ4n) is 2.17. The van der Waals surface area contributed by atoms with Crippen LogP contribution in [0.25, 0.3) is 16.7 Å². The van der Waals surface area contributed by atoms with Gasteiger partial charge in [0.2, 0.25) is 5.91 Å². The van der Waals surface area contributed by atoms with Gasteiger partial charge in [0.05, 0.1) is 11.6 Å². The first-order valence-electron chi connectivity index (χ1n) is 6.50. The summed E-state index contributed by atoms with van der Waals surface area (Å²) in [6.07, 6.45) is 7.90. The molecule has 4 rings (SSSR count). The van der Waals surface area contributed by atoms with E-state index in [1.54, 1.807) is 35.2 Å². The van der Waals surface area contributed by atoms with E-state index in [4.69, 9.17) is 0 Å². The summed E-state index contributed by atoms with van der Waals surface area (Å²) in [4.78, 5) is 24.2. The highest BCUT2D eigenvalue weighted by Gasteiger charge is 2.09. The molecule has 9 nitrogen and oxygen atoms in total. The molecule has 0 aromatic carbocycles. The number of hydrogen-bond acceptors (Lipinski definition) is 6. The summed E-state index contributed by atoms with van der Waals surface area (Å²) in [5.41, 5.74) is 1.93. The Labute approximate surface area is 123 Å².